The third-order valence-electron chi connectivity index (χ3n) is 3.37. The van der Waals surface area contributed by atoms with Crippen LogP contribution in [0.5, 0.6) is 0 Å². The molecule has 0 saturated carbocycles. The maximum atomic E-state index is 12.4. The molecule has 1 aromatic carbocycles. The number of thiophene rings is 1. The number of hydrogen-bond acceptors (Lipinski definition) is 4. The molecule has 0 saturated heterocycles. The van der Waals surface area contributed by atoms with Crippen molar-refractivity contribution in [1.82, 2.24) is 0 Å². The third kappa shape index (κ3) is 2.19. The lowest BCUT2D eigenvalue weighted by atomic mass is 9.89. The van der Waals surface area contributed by atoms with E-state index in [1.807, 2.05) is 0 Å². The molecule has 3 rings (SSSR count). The van der Waals surface area contributed by atoms with Crippen LogP contribution in [0.3, 0.4) is 0 Å². The molecule has 1 N–H and O–H groups in total. The first-order valence-corrected chi connectivity index (χ1v) is 7.44. The molecule has 1 amide bonds. The van der Waals surface area contributed by atoms with Gasteiger partial charge in [0.2, 0.25) is 11.7 Å². The number of carbonyl (C=O) groups is 3. The Hall–Kier alpha value is -2.27. The summed E-state index contributed by atoms with van der Waals surface area (Å²) in [4.78, 5) is 37.0. The van der Waals surface area contributed by atoms with E-state index in [9.17, 15) is 14.4 Å². The molecule has 1 aliphatic carbocycles. The van der Waals surface area contributed by atoms with Crippen molar-refractivity contribution in [2.45, 2.75) is 13.8 Å². The van der Waals surface area contributed by atoms with Crippen molar-refractivity contribution in [1.29, 1.82) is 0 Å². The molecule has 0 radical (unpaired) electrons. The zero-order valence-corrected chi connectivity index (χ0v) is 12.4. The van der Waals surface area contributed by atoms with E-state index in [4.69, 9.17) is 0 Å². The number of carbonyl (C=O) groups excluding carboxylic acids is 3. The van der Waals surface area contributed by atoms with Gasteiger partial charge >= 0.3 is 0 Å². The first-order chi connectivity index (χ1) is 9.99. The summed E-state index contributed by atoms with van der Waals surface area (Å²) in [6, 6.07) is 8.39. The minimum atomic E-state index is -0.165. The number of hydrogen-bond donors (Lipinski definition) is 1. The number of amides is 1. The van der Waals surface area contributed by atoms with Gasteiger partial charge in [-0.2, -0.15) is 0 Å². The predicted molar refractivity (Wildman–Crippen MR) is 81.1 cm³/mol. The molecule has 1 aliphatic rings. The Morgan fingerprint density at radius 1 is 1.05 bits per heavy atom. The number of rotatable bonds is 2. The molecule has 1 aromatic heterocycles. The first kappa shape index (κ1) is 13.7. The maximum Gasteiger partial charge on any atom is 0.227 e. The van der Waals surface area contributed by atoms with E-state index in [0.29, 0.717) is 26.6 Å². The highest BCUT2D eigenvalue weighted by atomic mass is 32.1. The van der Waals surface area contributed by atoms with Gasteiger partial charge in [0.25, 0.3) is 0 Å². The molecular weight excluding hydrogens is 286 g/mol. The molecule has 4 nitrogen and oxygen atoms in total. The van der Waals surface area contributed by atoms with Gasteiger partial charge in [0, 0.05) is 22.6 Å². The normalized spacial score (nSPS) is 13.1. The second-order valence-electron chi connectivity index (χ2n) is 5.20. The van der Waals surface area contributed by atoms with Crippen molar-refractivity contribution < 1.29 is 14.4 Å². The Balaban J connectivity index is 2.03. The molecule has 0 unspecified atom stereocenters. The van der Waals surface area contributed by atoms with Crippen LogP contribution < -0.4 is 5.32 Å². The van der Waals surface area contributed by atoms with Gasteiger partial charge in [0.1, 0.15) is 0 Å². The largest absolute Gasteiger partial charge is 0.317 e. The SMILES string of the molecule is CC(C)C(=O)Nc1cc2c(s1)C(=O)c1ccccc1C2=O. The van der Waals surface area contributed by atoms with Crippen LogP contribution in [0, 0.1) is 5.92 Å². The summed E-state index contributed by atoms with van der Waals surface area (Å²) in [6.45, 7) is 3.57. The fourth-order valence-corrected chi connectivity index (χ4v) is 3.21. The van der Waals surface area contributed by atoms with Crippen LogP contribution in [0.2, 0.25) is 0 Å². The minimum Gasteiger partial charge on any atom is -0.317 e. The van der Waals surface area contributed by atoms with Crippen LogP contribution in [-0.4, -0.2) is 17.5 Å². The number of benzene rings is 1. The van der Waals surface area contributed by atoms with Crippen molar-refractivity contribution in [3.05, 3.63) is 51.9 Å². The van der Waals surface area contributed by atoms with E-state index in [0.717, 1.165) is 11.3 Å². The molecule has 5 heteroatoms. The minimum absolute atomic E-state index is 0.133. The van der Waals surface area contributed by atoms with Crippen LogP contribution in [-0.2, 0) is 4.79 Å². The zero-order chi connectivity index (χ0) is 15.1. The van der Waals surface area contributed by atoms with E-state index >= 15 is 0 Å². The highest BCUT2D eigenvalue weighted by Gasteiger charge is 2.31. The summed E-state index contributed by atoms with van der Waals surface area (Å²) in [5.41, 5.74) is 1.23. The molecular formula is C16H13NO3S. The number of anilines is 1. The van der Waals surface area contributed by atoms with Crippen molar-refractivity contribution in [2.75, 3.05) is 5.32 Å². The van der Waals surface area contributed by atoms with Gasteiger partial charge < -0.3 is 5.32 Å². The maximum absolute atomic E-state index is 12.4. The van der Waals surface area contributed by atoms with E-state index < -0.39 is 0 Å². The lowest BCUT2D eigenvalue weighted by Gasteiger charge is -2.12. The molecule has 0 atom stereocenters. The summed E-state index contributed by atoms with van der Waals surface area (Å²) >= 11 is 1.15. The van der Waals surface area contributed by atoms with E-state index in [1.54, 1.807) is 44.2 Å². The Labute approximate surface area is 125 Å². The zero-order valence-electron chi connectivity index (χ0n) is 11.6. The Bertz CT molecular complexity index is 721. The monoisotopic (exact) mass is 299 g/mol. The van der Waals surface area contributed by atoms with E-state index in [-0.39, 0.29) is 23.4 Å². The lowest BCUT2D eigenvalue weighted by Crippen LogP contribution is -2.18. The van der Waals surface area contributed by atoms with Crippen molar-refractivity contribution in [3.63, 3.8) is 0 Å². The lowest BCUT2D eigenvalue weighted by molar-refractivity contribution is -0.118. The Morgan fingerprint density at radius 2 is 1.67 bits per heavy atom. The highest BCUT2D eigenvalue weighted by Crippen LogP contribution is 2.35. The Morgan fingerprint density at radius 3 is 2.29 bits per heavy atom. The quantitative estimate of drug-likeness (QED) is 0.790. The van der Waals surface area contributed by atoms with Gasteiger partial charge in [0.05, 0.1) is 9.88 Å². The van der Waals surface area contributed by atoms with Crippen LogP contribution in [0.1, 0.15) is 45.0 Å². The molecule has 21 heavy (non-hydrogen) atoms. The summed E-state index contributed by atoms with van der Waals surface area (Å²) in [5.74, 6) is -0.615. The van der Waals surface area contributed by atoms with Crippen LogP contribution in [0.25, 0.3) is 0 Å². The molecule has 0 bridgehead atoms. The van der Waals surface area contributed by atoms with Crippen molar-refractivity contribution in [2.24, 2.45) is 5.92 Å². The van der Waals surface area contributed by atoms with E-state index in [2.05, 4.69) is 5.32 Å². The van der Waals surface area contributed by atoms with Gasteiger partial charge in [-0.1, -0.05) is 38.1 Å². The molecule has 106 valence electrons. The highest BCUT2D eigenvalue weighted by molar-refractivity contribution is 7.18. The molecule has 0 spiro atoms. The van der Waals surface area contributed by atoms with Crippen LogP contribution in [0.4, 0.5) is 5.00 Å². The van der Waals surface area contributed by atoms with Crippen LogP contribution >= 0.6 is 11.3 Å². The predicted octanol–water partition coefficient (Wildman–Crippen LogP) is 3.12. The molecule has 0 fully saturated rings. The van der Waals surface area contributed by atoms with Gasteiger partial charge in [-0.3, -0.25) is 14.4 Å². The smallest absolute Gasteiger partial charge is 0.227 e. The second kappa shape index (κ2) is 4.93. The molecule has 0 aliphatic heterocycles. The number of ketones is 2. The standard InChI is InChI=1S/C16H13NO3S/c1-8(2)16(20)17-12-7-11-13(18)9-5-3-4-6-10(9)14(19)15(11)21-12/h3-8H,1-2H3,(H,17,20). The molecule has 1 heterocycles. The Kier molecular flexibility index (Phi) is 3.22. The topological polar surface area (TPSA) is 63.2 Å². The summed E-state index contributed by atoms with van der Waals surface area (Å²) in [6.07, 6.45) is 0. The second-order valence-corrected chi connectivity index (χ2v) is 6.25. The van der Waals surface area contributed by atoms with Gasteiger partial charge in [0.15, 0.2) is 5.78 Å². The van der Waals surface area contributed by atoms with Gasteiger partial charge in [-0.15, -0.1) is 11.3 Å². The van der Waals surface area contributed by atoms with Gasteiger partial charge in [-0.05, 0) is 6.07 Å². The summed E-state index contributed by atoms with van der Waals surface area (Å²) in [5, 5.41) is 3.28. The summed E-state index contributed by atoms with van der Waals surface area (Å²) in [7, 11) is 0. The number of nitrogens with one attached hydrogen (secondary N) is 1. The third-order valence-corrected chi connectivity index (χ3v) is 4.42. The van der Waals surface area contributed by atoms with Crippen molar-refractivity contribution in [3.8, 4) is 0 Å². The summed E-state index contributed by atoms with van der Waals surface area (Å²) < 4.78 is 0. The first-order valence-electron chi connectivity index (χ1n) is 6.62. The fraction of sp³-hybridized carbons (Fsp3) is 0.188. The van der Waals surface area contributed by atoms with Gasteiger partial charge in [-0.25, -0.2) is 0 Å². The van der Waals surface area contributed by atoms with E-state index in [1.165, 1.54) is 0 Å². The average Bonchev–Trinajstić information content (AvgIpc) is 2.89. The van der Waals surface area contributed by atoms with Crippen LogP contribution in [0.15, 0.2) is 30.3 Å². The molecule has 2 aromatic rings. The fourth-order valence-electron chi connectivity index (χ4n) is 2.20. The average molecular weight is 299 g/mol. The van der Waals surface area contributed by atoms with Crippen molar-refractivity contribution >= 4 is 33.8 Å². The number of fused-ring (bicyclic) bond motifs is 2.